The van der Waals surface area contributed by atoms with E-state index < -0.39 is 62.5 Å². The third-order valence-corrected chi connectivity index (χ3v) is 8.29. The van der Waals surface area contributed by atoms with Crippen LogP contribution in [0.2, 0.25) is 0 Å². The summed E-state index contributed by atoms with van der Waals surface area (Å²) in [7, 11) is -6.68. The molecule has 0 bridgehead atoms. The van der Waals surface area contributed by atoms with E-state index in [1.54, 1.807) is 52.1 Å². The zero-order chi connectivity index (χ0) is 31.0. The van der Waals surface area contributed by atoms with Gasteiger partial charge in [0.15, 0.2) is 5.75 Å². The van der Waals surface area contributed by atoms with Gasteiger partial charge in [0.2, 0.25) is 0 Å². The van der Waals surface area contributed by atoms with E-state index in [1.165, 1.54) is 30.3 Å². The van der Waals surface area contributed by atoms with Crippen molar-refractivity contribution in [2.75, 3.05) is 0 Å². The van der Waals surface area contributed by atoms with Crippen LogP contribution in [0.5, 0.6) is 5.75 Å². The number of hydrogen-bond acceptors (Lipinski definition) is 8. The number of carbonyl (C=O) groups excluding carboxylic acids is 3. The maximum absolute atomic E-state index is 14.0. The van der Waals surface area contributed by atoms with E-state index in [1.807, 2.05) is 0 Å². The largest absolute Gasteiger partial charge is 0.456 e. The number of carbonyl (C=O) groups is 3. The van der Waals surface area contributed by atoms with Gasteiger partial charge in [-0.1, -0.05) is 12.1 Å². The van der Waals surface area contributed by atoms with Crippen LogP contribution in [-0.2, 0) is 19.6 Å². The van der Waals surface area contributed by atoms with E-state index in [4.69, 9.17) is 14.0 Å². The summed E-state index contributed by atoms with van der Waals surface area (Å²) in [6.07, 6.45) is -7.87. The fourth-order valence-electron chi connectivity index (χ4n) is 3.94. The summed E-state index contributed by atoms with van der Waals surface area (Å²) >= 11 is 3.17. The topological polar surface area (TPSA) is 133 Å². The highest BCUT2D eigenvalue weighted by Crippen LogP contribution is 2.40. The zero-order valence-corrected chi connectivity index (χ0v) is 25.8. The molecule has 1 aliphatic carbocycles. The third-order valence-electron chi connectivity index (χ3n) is 5.96. The van der Waals surface area contributed by atoms with Crippen LogP contribution in [0, 0.1) is 7.14 Å². The first-order chi connectivity index (χ1) is 18.8. The first-order valence-corrected chi connectivity index (χ1v) is 15.0. The quantitative estimate of drug-likeness (QED) is 0.109. The number of ether oxygens (including phenoxy) is 3. The third kappa shape index (κ3) is 7.64. The number of esters is 3. The smallest absolute Gasteiger partial charge is 0.432 e. The van der Waals surface area contributed by atoms with E-state index in [2.05, 4.69) is 4.74 Å². The Morgan fingerprint density at radius 2 is 1.46 bits per heavy atom. The Morgan fingerprint density at radius 1 is 0.927 bits per heavy atom. The highest BCUT2D eigenvalue weighted by Gasteiger charge is 2.66. The normalized spacial score (nSPS) is 16.1. The standard InChI is InChI=1S/C24H19F5I2O9S/c1-22(8-4-5-9-22)40-20(34)14-7-3-2-6-13(14)18(32)38-17-15(10-12(30)11-16(17)31)19(33)39-21(23(25,26)27)24(28,29)41(35,36)37/h2-3,6-7,10-11,21H,4-5,8-9H2,1H3,(H,35,36,37). The molecular formula is C24H19F5I2O9S. The van der Waals surface area contributed by atoms with Crippen molar-refractivity contribution in [2.45, 2.75) is 55.7 Å². The minimum Gasteiger partial charge on any atom is -0.456 e. The highest BCUT2D eigenvalue weighted by atomic mass is 127. The average Bonchev–Trinajstić information content (AvgIpc) is 3.27. The second kappa shape index (κ2) is 12.2. The Balaban J connectivity index is 1.97. The Bertz CT molecular complexity index is 1470. The van der Waals surface area contributed by atoms with E-state index >= 15 is 0 Å². The first kappa shape index (κ1) is 33.4. The van der Waals surface area contributed by atoms with Crippen molar-refractivity contribution in [3.8, 4) is 5.75 Å². The Labute approximate surface area is 257 Å². The number of alkyl halides is 5. The molecule has 1 unspecified atom stereocenters. The summed E-state index contributed by atoms with van der Waals surface area (Å²) in [5, 5.41) is -5.97. The fraction of sp³-hybridized carbons (Fsp3) is 0.375. The molecule has 0 aliphatic heterocycles. The summed E-state index contributed by atoms with van der Waals surface area (Å²) in [5.74, 6) is -4.96. The van der Waals surface area contributed by atoms with Crippen LogP contribution in [0.3, 0.4) is 0 Å². The minimum atomic E-state index is -6.68. The van der Waals surface area contributed by atoms with E-state index in [0.717, 1.165) is 18.9 Å². The second-order valence-corrected chi connectivity index (χ2v) is 13.0. The molecule has 0 spiro atoms. The molecule has 0 saturated heterocycles. The molecule has 2 aromatic rings. The maximum Gasteiger partial charge on any atom is 0.432 e. The van der Waals surface area contributed by atoms with Crippen LogP contribution >= 0.6 is 45.2 Å². The molecule has 9 nitrogen and oxygen atoms in total. The summed E-state index contributed by atoms with van der Waals surface area (Å²) in [4.78, 5) is 38.8. The van der Waals surface area contributed by atoms with Gasteiger partial charge in [-0.25, -0.2) is 14.4 Å². The van der Waals surface area contributed by atoms with Crippen LogP contribution in [0.15, 0.2) is 36.4 Å². The molecule has 0 amide bonds. The molecule has 1 atom stereocenters. The van der Waals surface area contributed by atoms with Gasteiger partial charge < -0.3 is 14.2 Å². The molecule has 3 rings (SSSR count). The molecule has 224 valence electrons. The molecule has 0 radical (unpaired) electrons. The molecule has 41 heavy (non-hydrogen) atoms. The Kier molecular flexibility index (Phi) is 9.96. The molecule has 0 aromatic heterocycles. The average molecular weight is 832 g/mol. The minimum absolute atomic E-state index is 0.0570. The van der Waals surface area contributed by atoms with Gasteiger partial charge in [0.25, 0.3) is 6.10 Å². The monoisotopic (exact) mass is 832 g/mol. The van der Waals surface area contributed by atoms with Gasteiger partial charge in [0, 0.05) is 3.57 Å². The molecule has 1 aliphatic rings. The van der Waals surface area contributed by atoms with Gasteiger partial charge >= 0.3 is 39.5 Å². The predicted octanol–water partition coefficient (Wildman–Crippen LogP) is 6.17. The molecule has 0 heterocycles. The van der Waals surface area contributed by atoms with Crippen LogP contribution in [0.4, 0.5) is 22.0 Å². The van der Waals surface area contributed by atoms with Crippen LogP contribution in [-0.4, -0.2) is 54.0 Å². The lowest BCUT2D eigenvalue weighted by molar-refractivity contribution is -0.248. The fourth-order valence-corrected chi connectivity index (χ4v) is 6.35. The van der Waals surface area contributed by atoms with Crippen molar-refractivity contribution in [2.24, 2.45) is 0 Å². The lowest BCUT2D eigenvalue weighted by Gasteiger charge is -2.26. The van der Waals surface area contributed by atoms with Crippen LogP contribution in [0.1, 0.15) is 63.7 Å². The summed E-state index contributed by atoms with van der Waals surface area (Å²) in [6, 6.07) is 7.44. The highest BCUT2D eigenvalue weighted by molar-refractivity contribution is 14.1. The molecular weight excluding hydrogens is 813 g/mol. The summed E-state index contributed by atoms with van der Waals surface area (Å²) < 4.78 is 113. The van der Waals surface area contributed by atoms with Crippen molar-refractivity contribution in [3.63, 3.8) is 0 Å². The number of hydrogen-bond donors (Lipinski definition) is 1. The first-order valence-electron chi connectivity index (χ1n) is 11.4. The van der Waals surface area contributed by atoms with E-state index in [-0.39, 0.29) is 18.3 Å². The molecule has 1 saturated carbocycles. The van der Waals surface area contributed by atoms with E-state index in [9.17, 15) is 44.8 Å². The molecule has 1 N–H and O–H groups in total. The van der Waals surface area contributed by atoms with Gasteiger partial charge in [-0.15, -0.1) is 0 Å². The second-order valence-electron chi connectivity index (χ2n) is 9.11. The Hall–Kier alpha value is -2.13. The lowest BCUT2D eigenvalue weighted by atomic mass is 10.0. The molecule has 17 heteroatoms. The predicted molar refractivity (Wildman–Crippen MR) is 147 cm³/mol. The van der Waals surface area contributed by atoms with Gasteiger partial charge in [-0.3, -0.25) is 4.55 Å². The van der Waals surface area contributed by atoms with Crippen molar-refractivity contribution in [1.29, 1.82) is 0 Å². The van der Waals surface area contributed by atoms with Gasteiger partial charge in [-0.05, 0) is 102 Å². The van der Waals surface area contributed by atoms with Crippen molar-refractivity contribution in [3.05, 3.63) is 60.2 Å². The van der Waals surface area contributed by atoms with Gasteiger partial charge in [0.05, 0.1) is 14.7 Å². The molecule has 1 fully saturated rings. The van der Waals surface area contributed by atoms with Crippen LogP contribution < -0.4 is 4.74 Å². The van der Waals surface area contributed by atoms with Crippen molar-refractivity contribution in [1.82, 2.24) is 0 Å². The van der Waals surface area contributed by atoms with E-state index in [0.29, 0.717) is 12.8 Å². The van der Waals surface area contributed by atoms with Crippen molar-refractivity contribution < 1.29 is 63.5 Å². The SMILES string of the molecule is CC1(OC(=O)c2ccccc2C(=O)Oc2c(I)cc(I)cc2C(=O)OC(C(F)(F)F)C(F)(F)S(=O)(=O)O)CCCC1. The molecule has 2 aromatic carbocycles. The van der Waals surface area contributed by atoms with Gasteiger partial charge in [0.1, 0.15) is 11.2 Å². The number of halogens is 7. The Morgan fingerprint density at radius 3 is 1.98 bits per heavy atom. The summed E-state index contributed by atoms with van der Waals surface area (Å²) in [6.45, 7) is 1.74. The van der Waals surface area contributed by atoms with Gasteiger partial charge in [-0.2, -0.15) is 30.4 Å². The number of rotatable bonds is 8. The van der Waals surface area contributed by atoms with Crippen molar-refractivity contribution >= 4 is 73.2 Å². The van der Waals surface area contributed by atoms with Crippen LogP contribution in [0.25, 0.3) is 0 Å². The maximum atomic E-state index is 14.0. The zero-order valence-electron chi connectivity index (χ0n) is 20.6. The summed E-state index contributed by atoms with van der Waals surface area (Å²) in [5.41, 5.74) is -2.25. The lowest BCUT2D eigenvalue weighted by Crippen LogP contribution is -2.52. The number of benzene rings is 2.